The number of nitrogens with zero attached hydrogens (tertiary/aromatic N) is 2. The number of aromatic nitrogens is 1. The van der Waals surface area contributed by atoms with Gasteiger partial charge in [0.15, 0.2) is 0 Å². The number of para-hydroxylation sites is 1. The molecule has 0 atom stereocenters. The van der Waals surface area contributed by atoms with Crippen molar-refractivity contribution in [2.45, 2.75) is 20.3 Å². The Balaban J connectivity index is 2.04. The lowest BCUT2D eigenvalue weighted by Gasteiger charge is -2.21. The van der Waals surface area contributed by atoms with Crippen LogP contribution in [0.15, 0.2) is 48.5 Å². The number of hydrogen-bond donors (Lipinski definition) is 1. The number of aryl methyl sites for hydroxylation is 2. The zero-order chi connectivity index (χ0) is 18.8. The van der Waals surface area contributed by atoms with Crippen molar-refractivity contribution in [2.24, 2.45) is 7.05 Å². The highest BCUT2D eigenvalue weighted by molar-refractivity contribution is 6.03. The van der Waals surface area contributed by atoms with E-state index in [9.17, 15) is 14.7 Å². The second kappa shape index (κ2) is 7.04. The van der Waals surface area contributed by atoms with Crippen molar-refractivity contribution in [3.05, 3.63) is 65.4 Å². The number of carboxylic acid groups (broad SMARTS) is 1. The molecule has 1 amide bonds. The molecule has 26 heavy (non-hydrogen) atoms. The molecule has 0 saturated heterocycles. The largest absolute Gasteiger partial charge is 0.477 e. The molecule has 0 bridgehead atoms. The Morgan fingerprint density at radius 2 is 1.85 bits per heavy atom. The molecular weight excluding hydrogens is 328 g/mol. The van der Waals surface area contributed by atoms with Crippen LogP contribution in [0, 0.1) is 6.92 Å². The van der Waals surface area contributed by atoms with Gasteiger partial charge in [-0.1, -0.05) is 30.3 Å². The SMILES string of the molecule is CCN(C(=O)Cc1c(C(=O)O)n(C)c2ccccc12)c1cccc(C)c1. The van der Waals surface area contributed by atoms with Gasteiger partial charge in [0.2, 0.25) is 5.91 Å². The first-order chi connectivity index (χ1) is 12.4. The summed E-state index contributed by atoms with van der Waals surface area (Å²) in [6.45, 7) is 4.42. The molecule has 134 valence electrons. The Hall–Kier alpha value is -3.08. The topological polar surface area (TPSA) is 62.5 Å². The van der Waals surface area contributed by atoms with Crippen LogP contribution in [0.4, 0.5) is 5.69 Å². The van der Waals surface area contributed by atoms with E-state index in [0.717, 1.165) is 22.2 Å². The third-order valence-electron chi connectivity index (χ3n) is 4.67. The Morgan fingerprint density at radius 3 is 2.50 bits per heavy atom. The molecule has 0 radical (unpaired) electrons. The third kappa shape index (κ3) is 3.08. The highest BCUT2D eigenvalue weighted by Crippen LogP contribution is 2.27. The molecule has 1 N–H and O–H groups in total. The highest BCUT2D eigenvalue weighted by Gasteiger charge is 2.24. The van der Waals surface area contributed by atoms with E-state index < -0.39 is 5.97 Å². The lowest BCUT2D eigenvalue weighted by molar-refractivity contribution is -0.117. The molecule has 0 unspecified atom stereocenters. The van der Waals surface area contributed by atoms with Crippen LogP contribution in [0.25, 0.3) is 10.9 Å². The van der Waals surface area contributed by atoms with Crippen molar-refractivity contribution in [1.82, 2.24) is 4.57 Å². The van der Waals surface area contributed by atoms with Gasteiger partial charge in [-0.15, -0.1) is 0 Å². The average molecular weight is 350 g/mol. The Bertz CT molecular complexity index is 988. The van der Waals surface area contributed by atoms with Crippen LogP contribution >= 0.6 is 0 Å². The van der Waals surface area contributed by atoms with E-state index in [1.54, 1.807) is 16.5 Å². The van der Waals surface area contributed by atoms with Crippen molar-refractivity contribution in [2.75, 3.05) is 11.4 Å². The number of hydrogen-bond acceptors (Lipinski definition) is 2. The number of fused-ring (bicyclic) bond motifs is 1. The maximum absolute atomic E-state index is 13.0. The van der Waals surface area contributed by atoms with Gasteiger partial charge in [-0.2, -0.15) is 0 Å². The number of carbonyl (C=O) groups excluding carboxylic acids is 1. The molecule has 1 heterocycles. The van der Waals surface area contributed by atoms with E-state index >= 15 is 0 Å². The molecular formula is C21H22N2O3. The van der Waals surface area contributed by atoms with Gasteiger partial charge in [0.1, 0.15) is 5.69 Å². The summed E-state index contributed by atoms with van der Waals surface area (Å²) in [7, 11) is 1.72. The first-order valence-electron chi connectivity index (χ1n) is 8.60. The molecule has 3 aromatic rings. The summed E-state index contributed by atoms with van der Waals surface area (Å²) in [6, 6.07) is 15.2. The molecule has 2 aromatic carbocycles. The van der Waals surface area contributed by atoms with Gasteiger partial charge < -0.3 is 14.6 Å². The molecule has 5 heteroatoms. The minimum Gasteiger partial charge on any atom is -0.477 e. The summed E-state index contributed by atoms with van der Waals surface area (Å²) in [5.74, 6) is -1.14. The van der Waals surface area contributed by atoms with Crippen molar-refractivity contribution < 1.29 is 14.7 Å². The van der Waals surface area contributed by atoms with E-state index in [4.69, 9.17) is 0 Å². The minimum absolute atomic E-state index is 0.0464. The molecule has 0 spiro atoms. The normalized spacial score (nSPS) is 10.9. The van der Waals surface area contributed by atoms with Crippen LogP contribution in [0.3, 0.4) is 0 Å². The summed E-state index contributed by atoms with van der Waals surface area (Å²) >= 11 is 0. The van der Waals surface area contributed by atoms with E-state index in [1.165, 1.54) is 0 Å². The predicted molar refractivity (Wildman–Crippen MR) is 103 cm³/mol. The van der Waals surface area contributed by atoms with Gasteiger partial charge >= 0.3 is 5.97 Å². The lowest BCUT2D eigenvalue weighted by atomic mass is 10.1. The fourth-order valence-corrected chi connectivity index (χ4v) is 3.47. The molecule has 0 saturated carbocycles. The van der Waals surface area contributed by atoms with Crippen LogP contribution in [0.5, 0.6) is 0 Å². The number of carboxylic acids is 1. The van der Waals surface area contributed by atoms with E-state index in [2.05, 4.69) is 0 Å². The number of carbonyl (C=O) groups is 2. The molecule has 0 fully saturated rings. The van der Waals surface area contributed by atoms with Gasteiger partial charge in [0, 0.05) is 35.7 Å². The lowest BCUT2D eigenvalue weighted by Crippen LogP contribution is -2.32. The number of aromatic carboxylic acids is 1. The van der Waals surface area contributed by atoms with Crippen LogP contribution < -0.4 is 4.90 Å². The maximum atomic E-state index is 13.0. The monoisotopic (exact) mass is 350 g/mol. The Morgan fingerprint density at radius 1 is 1.12 bits per heavy atom. The number of benzene rings is 2. The van der Waals surface area contributed by atoms with E-state index in [1.807, 2.05) is 62.4 Å². The third-order valence-corrected chi connectivity index (χ3v) is 4.67. The average Bonchev–Trinajstić information content (AvgIpc) is 2.88. The number of amides is 1. The van der Waals surface area contributed by atoms with E-state index in [0.29, 0.717) is 12.1 Å². The van der Waals surface area contributed by atoms with Gasteiger partial charge in [0.25, 0.3) is 0 Å². The molecule has 0 aliphatic heterocycles. The first-order valence-corrected chi connectivity index (χ1v) is 8.60. The summed E-state index contributed by atoms with van der Waals surface area (Å²) in [5, 5.41) is 10.5. The molecule has 3 rings (SSSR count). The minimum atomic E-state index is -1.02. The quantitative estimate of drug-likeness (QED) is 0.762. The van der Waals surface area contributed by atoms with Gasteiger partial charge in [0.05, 0.1) is 6.42 Å². The summed E-state index contributed by atoms with van der Waals surface area (Å²) < 4.78 is 1.64. The van der Waals surface area contributed by atoms with Crippen LogP contribution in [0.1, 0.15) is 28.5 Å². The number of rotatable bonds is 5. The fraction of sp³-hybridized carbons (Fsp3) is 0.238. The zero-order valence-corrected chi connectivity index (χ0v) is 15.2. The summed E-state index contributed by atoms with van der Waals surface area (Å²) in [5.41, 5.74) is 3.44. The first kappa shape index (κ1) is 17.7. The molecule has 1 aromatic heterocycles. The second-order valence-corrected chi connectivity index (χ2v) is 6.36. The van der Waals surface area contributed by atoms with Crippen molar-refractivity contribution >= 4 is 28.5 Å². The van der Waals surface area contributed by atoms with Gasteiger partial charge in [-0.25, -0.2) is 4.79 Å². The van der Waals surface area contributed by atoms with Gasteiger partial charge in [-0.3, -0.25) is 4.79 Å². The van der Waals surface area contributed by atoms with Crippen LogP contribution in [-0.2, 0) is 18.3 Å². The van der Waals surface area contributed by atoms with Gasteiger partial charge in [-0.05, 0) is 37.6 Å². The second-order valence-electron chi connectivity index (χ2n) is 6.36. The summed E-state index contributed by atoms with van der Waals surface area (Å²) in [4.78, 5) is 26.5. The molecule has 0 aliphatic carbocycles. The highest BCUT2D eigenvalue weighted by atomic mass is 16.4. The Kier molecular flexibility index (Phi) is 4.80. The smallest absolute Gasteiger partial charge is 0.352 e. The molecule has 0 aliphatic rings. The number of anilines is 1. The Labute approximate surface area is 152 Å². The summed E-state index contributed by atoms with van der Waals surface area (Å²) in [6.07, 6.45) is 0.0464. The van der Waals surface area contributed by atoms with Crippen molar-refractivity contribution in [1.29, 1.82) is 0 Å². The van der Waals surface area contributed by atoms with E-state index in [-0.39, 0.29) is 18.0 Å². The predicted octanol–water partition coefficient (Wildman–Crippen LogP) is 3.78. The van der Waals surface area contributed by atoms with Crippen LogP contribution in [0.2, 0.25) is 0 Å². The zero-order valence-electron chi connectivity index (χ0n) is 15.2. The maximum Gasteiger partial charge on any atom is 0.352 e. The van der Waals surface area contributed by atoms with Crippen molar-refractivity contribution in [3.63, 3.8) is 0 Å². The van der Waals surface area contributed by atoms with Crippen molar-refractivity contribution in [3.8, 4) is 0 Å². The van der Waals surface area contributed by atoms with Crippen LogP contribution in [-0.4, -0.2) is 28.1 Å². The fourth-order valence-electron chi connectivity index (χ4n) is 3.47. The number of likely N-dealkylation sites (N-methyl/N-ethyl adjacent to an activating group) is 1. The standard InChI is InChI=1S/C21H22N2O3/c1-4-23(15-9-7-8-14(2)12-15)19(24)13-17-16-10-5-6-11-18(16)22(3)20(17)21(25)26/h5-12H,4,13H2,1-3H3,(H,25,26). The molecule has 5 nitrogen and oxygen atoms in total.